The van der Waals surface area contributed by atoms with E-state index >= 15 is 0 Å². The SMILES string of the molecule is CCCn1c(-c2ccc(Cl)cc2)nn(CN(C)Cc2ccc(OC)cc2)c1=S. The van der Waals surface area contributed by atoms with Crippen molar-refractivity contribution in [3.63, 3.8) is 0 Å². The third-order valence-corrected chi connectivity index (χ3v) is 5.14. The second kappa shape index (κ2) is 9.37. The van der Waals surface area contributed by atoms with Gasteiger partial charge in [-0.15, -0.1) is 0 Å². The summed E-state index contributed by atoms with van der Waals surface area (Å²) in [6.45, 7) is 4.38. The first kappa shape index (κ1) is 20.6. The van der Waals surface area contributed by atoms with Gasteiger partial charge in [-0.2, -0.15) is 5.10 Å². The second-order valence-corrected chi connectivity index (χ2v) is 7.57. The summed E-state index contributed by atoms with van der Waals surface area (Å²) in [4.78, 5) is 2.19. The highest BCUT2D eigenvalue weighted by Crippen LogP contribution is 2.21. The number of methoxy groups -OCH3 is 1. The summed E-state index contributed by atoms with van der Waals surface area (Å²) in [5.41, 5.74) is 2.22. The molecule has 0 amide bonds. The third-order valence-electron chi connectivity index (χ3n) is 4.46. The number of halogens is 1. The van der Waals surface area contributed by atoms with E-state index in [2.05, 4.69) is 35.6 Å². The largest absolute Gasteiger partial charge is 0.497 e. The average Bonchev–Trinajstić information content (AvgIpc) is 2.99. The molecule has 0 atom stereocenters. The van der Waals surface area contributed by atoms with Gasteiger partial charge < -0.3 is 4.74 Å². The minimum Gasteiger partial charge on any atom is -0.497 e. The molecule has 0 aliphatic carbocycles. The van der Waals surface area contributed by atoms with Crippen LogP contribution < -0.4 is 4.74 Å². The first-order valence-corrected chi connectivity index (χ1v) is 10.1. The summed E-state index contributed by atoms with van der Waals surface area (Å²) < 4.78 is 9.94. The molecule has 28 heavy (non-hydrogen) atoms. The van der Waals surface area contributed by atoms with E-state index in [9.17, 15) is 0 Å². The monoisotopic (exact) mass is 416 g/mol. The molecule has 3 rings (SSSR count). The Labute approximate surface area is 176 Å². The lowest BCUT2D eigenvalue weighted by molar-refractivity contribution is 0.243. The second-order valence-electron chi connectivity index (χ2n) is 6.77. The molecular formula is C21H25ClN4OS. The van der Waals surface area contributed by atoms with Crippen LogP contribution in [0.3, 0.4) is 0 Å². The normalized spacial score (nSPS) is 11.2. The van der Waals surface area contributed by atoms with E-state index in [0.29, 0.717) is 11.7 Å². The average molecular weight is 417 g/mol. The maximum Gasteiger partial charge on any atom is 0.199 e. The zero-order chi connectivity index (χ0) is 20.1. The van der Waals surface area contributed by atoms with E-state index in [-0.39, 0.29) is 0 Å². The molecule has 0 radical (unpaired) electrons. The molecule has 7 heteroatoms. The van der Waals surface area contributed by atoms with Gasteiger partial charge in [-0.1, -0.05) is 30.7 Å². The van der Waals surface area contributed by atoms with Gasteiger partial charge in [0.25, 0.3) is 0 Å². The Balaban J connectivity index is 1.81. The first-order valence-electron chi connectivity index (χ1n) is 9.27. The molecule has 0 spiro atoms. The van der Waals surface area contributed by atoms with Gasteiger partial charge >= 0.3 is 0 Å². The summed E-state index contributed by atoms with van der Waals surface area (Å²) in [6.07, 6.45) is 0.988. The van der Waals surface area contributed by atoms with Gasteiger partial charge in [-0.25, -0.2) is 4.68 Å². The predicted octanol–water partition coefficient (Wildman–Crippen LogP) is 5.24. The fourth-order valence-electron chi connectivity index (χ4n) is 3.09. The first-order chi connectivity index (χ1) is 13.5. The van der Waals surface area contributed by atoms with Crippen molar-refractivity contribution in [1.82, 2.24) is 19.2 Å². The summed E-state index contributed by atoms with van der Waals surface area (Å²) >= 11 is 11.7. The van der Waals surface area contributed by atoms with Gasteiger partial charge in [0.2, 0.25) is 0 Å². The molecule has 5 nitrogen and oxygen atoms in total. The van der Waals surface area contributed by atoms with Crippen molar-refractivity contribution < 1.29 is 4.74 Å². The third kappa shape index (κ3) is 4.82. The van der Waals surface area contributed by atoms with Crippen LogP contribution in [-0.4, -0.2) is 33.4 Å². The number of nitrogens with zero attached hydrogens (tertiary/aromatic N) is 4. The smallest absolute Gasteiger partial charge is 0.199 e. The fraction of sp³-hybridized carbons (Fsp3) is 0.333. The minimum atomic E-state index is 0.613. The molecule has 0 unspecified atom stereocenters. The van der Waals surface area contributed by atoms with Crippen molar-refractivity contribution in [2.75, 3.05) is 14.2 Å². The standard InChI is InChI=1S/C21H25ClN4OS/c1-4-13-25-20(17-7-9-18(22)10-8-17)23-26(21(25)28)15-24(2)14-16-5-11-19(27-3)12-6-16/h5-12H,4,13-15H2,1-3H3. The zero-order valence-corrected chi connectivity index (χ0v) is 18.0. The molecule has 0 N–H and O–H groups in total. The van der Waals surface area contributed by atoms with Crippen molar-refractivity contribution in [1.29, 1.82) is 0 Å². The molecule has 0 aliphatic heterocycles. The van der Waals surface area contributed by atoms with Crippen LogP contribution in [-0.2, 0) is 19.8 Å². The van der Waals surface area contributed by atoms with Crippen LogP contribution in [0.1, 0.15) is 18.9 Å². The van der Waals surface area contributed by atoms with Crippen LogP contribution in [0.15, 0.2) is 48.5 Å². The quantitative estimate of drug-likeness (QED) is 0.470. The molecule has 0 aliphatic rings. The molecule has 0 fully saturated rings. The maximum atomic E-state index is 6.03. The Morgan fingerprint density at radius 1 is 1.11 bits per heavy atom. The van der Waals surface area contributed by atoms with Crippen molar-refractivity contribution in [2.45, 2.75) is 33.1 Å². The van der Waals surface area contributed by atoms with E-state index < -0.39 is 0 Å². The van der Waals surface area contributed by atoms with E-state index in [1.54, 1.807) is 7.11 Å². The lowest BCUT2D eigenvalue weighted by Crippen LogP contribution is -2.22. The molecule has 0 saturated carbocycles. The highest BCUT2D eigenvalue weighted by molar-refractivity contribution is 7.71. The van der Waals surface area contributed by atoms with Gasteiger partial charge in [0.15, 0.2) is 10.6 Å². The zero-order valence-electron chi connectivity index (χ0n) is 16.4. The molecule has 0 saturated heterocycles. The summed E-state index contributed by atoms with van der Waals surface area (Å²) in [6, 6.07) is 15.8. The fourth-order valence-corrected chi connectivity index (χ4v) is 3.49. The van der Waals surface area contributed by atoms with Crippen LogP contribution in [0.2, 0.25) is 5.02 Å². The summed E-state index contributed by atoms with van der Waals surface area (Å²) in [5, 5.41) is 5.52. The number of ether oxygens (including phenoxy) is 1. The lowest BCUT2D eigenvalue weighted by Gasteiger charge is -2.16. The predicted molar refractivity (Wildman–Crippen MR) is 116 cm³/mol. The van der Waals surface area contributed by atoms with Gasteiger partial charge in [0.05, 0.1) is 13.8 Å². The summed E-state index contributed by atoms with van der Waals surface area (Å²) in [5.74, 6) is 1.74. The number of aromatic nitrogens is 3. The van der Waals surface area contributed by atoms with Crippen molar-refractivity contribution in [3.05, 3.63) is 63.9 Å². The van der Waals surface area contributed by atoms with Crippen molar-refractivity contribution in [2.24, 2.45) is 0 Å². The van der Waals surface area contributed by atoms with Gasteiger partial charge in [-0.3, -0.25) is 9.47 Å². The molecule has 1 aromatic heterocycles. The number of hydrogen-bond donors (Lipinski definition) is 0. The van der Waals surface area contributed by atoms with Crippen LogP contribution in [0.4, 0.5) is 0 Å². The highest BCUT2D eigenvalue weighted by atomic mass is 35.5. The van der Waals surface area contributed by atoms with E-state index in [1.165, 1.54) is 5.56 Å². The Hall–Kier alpha value is -2.15. The van der Waals surface area contributed by atoms with Gasteiger partial charge in [-0.05, 0) is 67.6 Å². The van der Waals surface area contributed by atoms with E-state index in [4.69, 9.17) is 33.7 Å². The molecule has 148 valence electrons. The molecule has 2 aromatic carbocycles. The maximum absolute atomic E-state index is 6.03. The van der Waals surface area contributed by atoms with Crippen molar-refractivity contribution >= 4 is 23.8 Å². The highest BCUT2D eigenvalue weighted by Gasteiger charge is 2.13. The molecule has 0 bridgehead atoms. The summed E-state index contributed by atoms with van der Waals surface area (Å²) in [7, 11) is 3.74. The number of benzene rings is 2. The van der Waals surface area contributed by atoms with Gasteiger partial charge in [0, 0.05) is 23.7 Å². The molecular weight excluding hydrogens is 392 g/mol. The number of rotatable bonds is 8. The van der Waals surface area contributed by atoms with E-state index in [1.807, 2.05) is 41.1 Å². The Morgan fingerprint density at radius 2 is 1.79 bits per heavy atom. The van der Waals surface area contributed by atoms with Crippen LogP contribution in [0.5, 0.6) is 5.75 Å². The van der Waals surface area contributed by atoms with Crippen molar-refractivity contribution in [3.8, 4) is 17.1 Å². The Kier molecular flexibility index (Phi) is 6.88. The molecule has 1 heterocycles. The van der Waals surface area contributed by atoms with E-state index in [0.717, 1.165) is 41.4 Å². The Bertz CT molecular complexity index is 964. The lowest BCUT2D eigenvalue weighted by atomic mass is 10.2. The topological polar surface area (TPSA) is 35.2 Å². The molecule has 3 aromatic rings. The van der Waals surface area contributed by atoms with Gasteiger partial charge in [0.1, 0.15) is 5.75 Å². The van der Waals surface area contributed by atoms with Crippen LogP contribution in [0.25, 0.3) is 11.4 Å². The van der Waals surface area contributed by atoms with Crippen LogP contribution >= 0.6 is 23.8 Å². The Morgan fingerprint density at radius 3 is 2.39 bits per heavy atom. The number of hydrogen-bond acceptors (Lipinski definition) is 4. The van der Waals surface area contributed by atoms with Crippen LogP contribution in [0, 0.1) is 4.77 Å². The minimum absolute atomic E-state index is 0.613.